The summed E-state index contributed by atoms with van der Waals surface area (Å²) in [6.45, 7) is 0.338. The van der Waals surface area contributed by atoms with E-state index in [2.05, 4.69) is 10.6 Å². The summed E-state index contributed by atoms with van der Waals surface area (Å²) in [5.41, 5.74) is 1.94. The molecule has 3 aromatic rings. The molecule has 0 aliphatic carbocycles. The average molecular weight is 528 g/mol. The van der Waals surface area contributed by atoms with Crippen LogP contribution in [0.4, 0.5) is 5.69 Å². The Bertz CT molecular complexity index is 1380. The van der Waals surface area contributed by atoms with Gasteiger partial charge in [-0.1, -0.05) is 18.2 Å². The molecule has 0 radical (unpaired) electrons. The first-order valence-corrected chi connectivity index (χ1v) is 12.6. The van der Waals surface area contributed by atoms with E-state index < -0.39 is 28.2 Å². The summed E-state index contributed by atoms with van der Waals surface area (Å²) in [5, 5.41) is 5.60. The number of anilines is 1. The van der Waals surface area contributed by atoms with Crippen LogP contribution < -0.4 is 29.6 Å². The first kappa shape index (κ1) is 25.8. The smallest absolute Gasteiger partial charge is 0.357 e. The van der Waals surface area contributed by atoms with Gasteiger partial charge in [-0.15, -0.1) is 0 Å². The minimum absolute atomic E-state index is 0.126. The van der Waals surface area contributed by atoms with Crippen molar-refractivity contribution in [1.82, 2.24) is 10.6 Å². The number of carbonyl (C=O) groups is 2. The molecule has 12 heteroatoms. The number of hydrogen-bond donors (Lipinski definition) is 4. The fourth-order valence-electron chi connectivity index (χ4n) is 3.65. The van der Waals surface area contributed by atoms with Gasteiger partial charge in [-0.25, -0.2) is 0 Å². The molecule has 3 aromatic carbocycles. The van der Waals surface area contributed by atoms with E-state index in [0.717, 1.165) is 5.56 Å². The second kappa shape index (κ2) is 11.2. The standard InChI is InChI=1S/C25H25N3O8S/c1-34-20-9-5-18(6-10-20)24(29)27-21(12-16-2-7-19(8-3-16)28-37(31,32)33)25(30)26-14-17-4-11-22-23(13-17)36-15-35-22/h2-11,13,21,28H,12,14-15H2,1H3,(H,26,30)(H,27,29)(H,31,32,33). The Morgan fingerprint density at radius 3 is 2.32 bits per heavy atom. The highest BCUT2D eigenvalue weighted by atomic mass is 32.2. The monoisotopic (exact) mass is 527 g/mol. The normalized spacial score (nSPS) is 12.9. The van der Waals surface area contributed by atoms with Crippen molar-refractivity contribution in [2.24, 2.45) is 0 Å². The molecule has 1 aliphatic rings. The molecule has 1 unspecified atom stereocenters. The third-order valence-electron chi connectivity index (χ3n) is 5.52. The number of rotatable bonds is 10. The zero-order valence-electron chi connectivity index (χ0n) is 19.8. The lowest BCUT2D eigenvalue weighted by Gasteiger charge is -2.19. The molecule has 1 aliphatic heterocycles. The van der Waals surface area contributed by atoms with E-state index in [0.29, 0.717) is 28.4 Å². The first-order chi connectivity index (χ1) is 17.7. The molecule has 194 valence electrons. The zero-order chi connectivity index (χ0) is 26.4. The molecule has 4 N–H and O–H groups in total. The Hall–Kier alpha value is -4.29. The second-order valence-electron chi connectivity index (χ2n) is 8.14. The minimum atomic E-state index is -4.41. The molecule has 11 nitrogen and oxygen atoms in total. The Balaban J connectivity index is 1.47. The van der Waals surface area contributed by atoms with E-state index in [1.807, 2.05) is 4.72 Å². The van der Waals surface area contributed by atoms with Gasteiger partial charge < -0.3 is 24.8 Å². The Kier molecular flexibility index (Phi) is 7.80. The SMILES string of the molecule is COc1ccc(C(=O)NC(Cc2ccc(NS(=O)(=O)O)cc2)C(=O)NCc2ccc3c(c2)OCO3)cc1. The first-order valence-electron chi connectivity index (χ1n) is 11.2. The molecular formula is C25H25N3O8S. The predicted octanol–water partition coefficient (Wildman–Crippen LogP) is 2.30. The number of carbonyl (C=O) groups excluding carboxylic acids is 2. The maximum Gasteiger partial charge on any atom is 0.357 e. The van der Waals surface area contributed by atoms with Gasteiger partial charge in [0.25, 0.3) is 5.91 Å². The van der Waals surface area contributed by atoms with Crippen LogP contribution in [0.5, 0.6) is 17.2 Å². The van der Waals surface area contributed by atoms with Gasteiger partial charge in [-0.05, 0) is 59.7 Å². The summed E-state index contributed by atoms with van der Waals surface area (Å²) >= 11 is 0. The quantitative estimate of drug-likeness (QED) is 0.293. The van der Waals surface area contributed by atoms with Crippen LogP contribution in [0.25, 0.3) is 0 Å². The summed E-state index contributed by atoms with van der Waals surface area (Å²) in [5.74, 6) is 0.949. The van der Waals surface area contributed by atoms with E-state index in [9.17, 15) is 18.0 Å². The van der Waals surface area contributed by atoms with Gasteiger partial charge in [-0.3, -0.25) is 18.9 Å². The molecule has 1 atom stereocenters. The third kappa shape index (κ3) is 7.12. The molecule has 1 heterocycles. The molecule has 4 rings (SSSR count). The van der Waals surface area contributed by atoms with Crippen LogP contribution in [0.15, 0.2) is 66.7 Å². The topological polar surface area (TPSA) is 152 Å². The summed E-state index contributed by atoms with van der Waals surface area (Å²) < 4.78 is 48.7. The largest absolute Gasteiger partial charge is 0.497 e. The van der Waals surface area contributed by atoms with E-state index in [1.165, 1.54) is 19.2 Å². The van der Waals surface area contributed by atoms with E-state index in [4.69, 9.17) is 18.8 Å². The number of benzene rings is 3. The highest BCUT2D eigenvalue weighted by Gasteiger charge is 2.23. The third-order valence-corrected chi connectivity index (χ3v) is 6.01. The average Bonchev–Trinajstić information content (AvgIpc) is 3.35. The fraction of sp³-hybridized carbons (Fsp3) is 0.200. The van der Waals surface area contributed by atoms with Crippen molar-refractivity contribution in [2.45, 2.75) is 19.0 Å². The van der Waals surface area contributed by atoms with Crippen molar-refractivity contribution in [3.8, 4) is 17.2 Å². The predicted molar refractivity (Wildman–Crippen MR) is 134 cm³/mol. The molecule has 0 saturated heterocycles. The Labute approximate surface area is 213 Å². The van der Waals surface area contributed by atoms with Crippen LogP contribution >= 0.6 is 0 Å². The van der Waals surface area contributed by atoms with Crippen molar-refractivity contribution in [1.29, 1.82) is 0 Å². The van der Waals surface area contributed by atoms with Crippen LogP contribution in [0, 0.1) is 0 Å². The van der Waals surface area contributed by atoms with Crippen LogP contribution in [0.2, 0.25) is 0 Å². The summed E-state index contributed by atoms with van der Waals surface area (Å²) in [6.07, 6.45) is 0.126. The van der Waals surface area contributed by atoms with Gasteiger partial charge in [0.2, 0.25) is 12.7 Å². The maximum absolute atomic E-state index is 13.1. The van der Waals surface area contributed by atoms with Crippen LogP contribution in [-0.2, 0) is 28.1 Å². The molecule has 0 saturated carbocycles. The summed E-state index contributed by atoms with van der Waals surface area (Å²) in [7, 11) is -2.89. The molecule has 0 aromatic heterocycles. The number of hydrogen-bond acceptors (Lipinski definition) is 7. The molecular weight excluding hydrogens is 502 g/mol. The molecule has 0 spiro atoms. The molecule has 0 fully saturated rings. The number of fused-ring (bicyclic) bond motifs is 1. The summed E-state index contributed by atoms with van der Waals surface area (Å²) in [4.78, 5) is 26.0. The number of amides is 2. The number of ether oxygens (including phenoxy) is 3. The van der Waals surface area contributed by atoms with Crippen molar-refractivity contribution in [2.75, 3.05) is 18.6 Å². The lowest BCUT2D eigenvalue weighted by atomic mass is 10.0. The Morgan fingerprint density at radius 2 is 1.65 bits per heavy atom. The van der Waals surface area contributed by atoms with Crippen molar-refractivity contribution < 1.29 is 36.8 Å². The van der Waals surface area contributed by atoms with E-state index in [1.54, 1.807) is 54.6 Å². The van der Waals surface area contributed by atoms with Crippen molar-refractivity contribution >= 4 is 27.8 Å². The molecule has 2 amide bonds. The molecule has 37 heavy (non-hydrogen) atoms. The number of methoxy groups -OCH3 is 1. The highest BCUT2D eigenvalue weighted by molar-refractivity contribution is 7.87. The van der Waals surface area contributed by atoms with Crippen LogP contribution in [-0.4, -0.2) is 44.7 Å². The minimum Gasteiger partial charge on any atom is -0.497 e. The van der Waals surface area contributed by atoms with Gasteiger partial charge >= 0.3 is 10.3 Å². The van der Waals surface area contributed by atoms with Crippen molar-refractivity contribution in [3.63, 3.8) is 0 Å². The van der Waals surface area contributed by atoms with Gasteiger partial charge in [0.05, 0.1) is 12.8 Å². The van der Waals surface area contributed by atoms with Gasteiger partial charge in [0.15, 0.2) is 11.5 Å². The van der Waals surface area contributed by atoms with E-state index in [-0.39, 0.29) is 25.4 Å². The van der Waals surface area contributed by atoms with E-state index >= 15 is 0 Å². The zero-order valence-corrected chi connectivity index (χ0v) is 20.6. The Morgan fingerprint density at radius 1 is 0.973 bits per heavy atom. The maximum atomic E-state index is 13.1. The highest BCUT2D eigenvalue weighted by Crippen LogP contribution is 2.32. The van der Waals surface area contributed by atoms with Crippen LogP contribution in [0.3, 0.4) is 0 Å². The van der Waals surface area contributed by atoms with Crippen molar-refractivity contribution in [3.05, 3.63) is 83.4 Å². The van der Waals surface area contributed by atoms with Gasteiger partial charge in [-0.2, -0.15) is 8.42 Å². The van der Waals surface area contributed by atoms with Gasteiger partial charge in [0, 0.05) is 18.5 Å². The fourth-order valence-corrected chi connectivity index (χ4v) is 4.08. The summed E-state index contributed by atoms with van der Waals surface area (Å²) in [6, 6.07) is 16.9. The second-order valence-corrected chi connectivity index (χ2v) is 9.29. The van der Waals surface area contributed by atoms with Gasteiger partial charge in [0.1, 0.15) is 11.8 Å². The lowest BCUT2D eigenvalue weighted by Crippen LogP contribution is -2.47. The molecule has 0 bridgehead atoms. The lowest BCUT2D eigenvalue weighted by molar-refractivity contribution is -0.123. The number of nitrogens with one attached hydrogen (secondary N) is 3. The van der Waals surface area contributed by atoms with Crippen LogP contribution in [0.1, 0.15) is 21.5 Å².